The molecule has 0 saturated heterocycles. The molecule has 1 aromatic carbocycles. The van der Waals surface area contributed by atoms with E-state index in [9.17, 15) is 9.90 Å². The predicted octanol–water partition coefficient (Wildman–Crippen LogP) is 2.67. The highest BCUT2D eigenvalue weighted by Crippen LogP contribution is 2.22. The molecule has 18 heavy (non-hydrogen) atoms. The maximum atomic E-state index is 11.2. The van der Waals surface area contributed by atoms with Gasteiger partial charge in [-0.05, 0) is 25.1 Å². The molecule has 94 valence electrons. The van der Waals surface area contributed by atoms with Crippen molar-refractivity contribution in [2.24, 2.45) is 0 Å². The minimum atomic E-state index is -1.07. The summed E-state index contributed by atoms with van der Waals surface area (Å²) < 4.78 is 1.60. The highest BCUT2D eigenvalue weighted by Gasteiger charge is 2.17. The van der Waals surface area contributed by atoms with Gasteiger partial charge in [0.1, 0.15) is 5.82 Å². The summed E-state index contributed by atoms with van der Waals surface area (Å²) >= 11 is 11.6. The second-order valence-corrected chi connectivity index (χ2v) is 4.30. The van der Waals surface area contributed by atoms with Gasteiger partial charge in [0.2, 0.25) is 0 Å². The molecule has 2 rings (SSSR count). The summed E-state index contributed by atoms with van der Waals surface area (Å²) in [5.74, 6) is 0.123. The fourth-order valence-electron chi connectivity index (χ4n) is 1.68. The summed E-state index contributed by atoms with van der Waals surface area (Å²) in [4.78, 5) is 11.2. The maximum Gasteiger partial charge on any atom is 0.337 e. The molecular weight excluding hydrogens is 277 g/mol. The van der Waals surface area contributed by atoms with Gasteiger partial charge in [-0.15, -0.1) is 21.8 Å². The zero-order chi connectivity index (χ0) is 13.3. The number of halogens is 2. The number of nitrogens with zero attached hydrogens (tertiary/aromatic N) is 3. The van der Waals surface area contributed by atoms with Crippen LogP contribution in [0.3, 0.4) is 0 Å². The molecule has 0 spiro atoms. The van der Waals surface area contributed by atoms with Crippen molar-refractivity contribution in [2.45, 2.75) is 12.8 Å². The van der Waals surface area contributed by atoms with E-state index in [1.165, 1.54) is 6.07 Å². The third kappa shape index (κ3) is 2.19. The Labute approximate surface area is 113 Å². The lowest BCUT2D eigenvalue weighted by Gasteiger charge is -2.10. The Morgan fingerprint density at radius 2 is 2.17 bits per heavy atom. The topological polar surface area (TPSA) is 68.0 Å². The third-order valence-electron chi connectivity index (χ3n) is 2.44. The lowest BCUT2D eigenvalue weighted by molar-refractivity contribution is 0.0697. The van der Waals surface area contributed by atoms with Crippen LogP contribution in [0.1, 0.15) is 22.0 Å². The standard InChI is InChI=1S/C11H9Cl2N3O2/c1-6-14-15-10(5-12)16(6)9-3-2-7(13)4-8(9)11(17)18/h2-4H,5H2,1H3,(H,17,18). The van der Waals surface area contributed by atoms with Crippen molar-refractivity contribution in [3.8, 4) is 5.69 Å². The normalized spacial score (nSPS) is 10.6. The van der Waals surface area contributed by atoms with Gasteiger partial charge in [0.15, 0.2) is 5.82 Å². The smallest absolute Gasteiger partial charge is 0.337 e. The molecule has 0 saturated carbocycles. The van der Waals surface area contributed by atoms with E-state index in [0.717, 1.165) is 0 Å². The molecule has 5 nitrogen and oxygen atoms in total. The minimum Gasteiger partial charge on any atom is -0.478 e. The first kappa shape index (κ1) is 12.9. The first-order valence-corrected chi connectivity index (χ1v) is 5.96. The molecule has 7 heteroatoms. The molecule has 0 aliphatic rings. The zero-order valence-electron chi connectivity index (χ0n) is 9.39. The van der Waals surface area contributed by atoms with Crippen LogP contribution in [-0.4, -0.2) is 25.8 Å². The number of rotatable bonds is 3. The fraction of sp³-hybridized carbons (Fsp3) is 0.182. The number of benzene rings is 1. The Balaban J connectivity index is 2.70. The number of alkyl halides is 1. The number of aromatic carboxylic acids is 1. The van der Waals surface area contributed by atoms with Crippen molar-refractivity contribution >= 4 is 29.2 Å². The quantitative estimate of drug-likeness (QED) is 0.881. The fourth-order valence-corrected chi connectivity index (χ4v) is 2.03. The van der Waals surface area contributed by atoms with Crippen molar-refractivity contribution in [1.82, 2.24) is 14.8 Å². The molecule has 0 radical (unpaired) electrons. The van der Waals surface area contributed by atoms with Crippen LogP contribution in [0.5, 0.6) is 0 Å². The van der Waals surface area contributed by atoms with Crippen molar-refractivity contribution in [1.29, 1.82) is 0 Å². The van der Waals surface area contributed by atoms with Crippen LogP contribution < -0.4 is 0 Å². The van der Waals surface area contributed by atoms with E-state index in [1.54, 1.807) is 23.6 Å². The van der Waals surface area contributed by atoms with Gasteiger partial charge >= 0.3 is 5.97 Å². The van der Waals surface area contributed by atoms with E-state index >= 15 is 0 Å². The molecule has 2 aromatic rings. The van der Waals surface area contributed by atoms with Crippen molar-refractivity contribution in [2.75, 3.05) is 0 Å². The first-order valence-electron chi connectivity index (χ1n) is 5.04. The lowest BCUT2D eigenvalue weighted by atomic mass is 10.1. The van der Waals surface area contributed by atoms with Gasteiger partial charge < -0.3 is 5.11 Å². The predicted molar refractivity (Wildman–Crippen MR) is 67.6 cm³/mol. The van der Waals surface area contributed by atoms with Gasteiger partial charge in [0.25, 0.3) is 0 Å². The maximum absolute atomic E-state index is 11.2. The number of carboxylic acids is 1. The molecule has 0 aliphatic carbocycles. The highest BCUT2D eigenvalue weighted by atomic mass is 35.5. The Morgan fingerprint density at radius 1 is 1.44 bits per heavy atom. The van der Waals surface area contributed by atoms with Gasteiger partial charge in [0.05, 0.1) is 17.1 Å². The summed E-state index contributed by atoms with van der Waals surface area (Å²) in [7, 11) is 0. The summed E-state index contributed by atoms with van der Waals surface area (Å²) in [6.45, 7) is 1.73. The molecule has 1 aromatic heterocycles. The van der Waals surface area contributed by atoms with Crippen LogP contribution in [0.2, 0.25) is 5.02 Å². The Bertz CT molecular complexity index is 610. The molecule has 0 bridgehead atoms. The number of hydrogen-bond donors (Lipinski definition) is 1. The zero-order valence-corrected chi connectivity index (χ0v) is 10.9. The van der Waals surface area contributed by atoms with Gasteiger partial charge in [-0.3, -0.25) is 4.57 Å². The van der Waals surface area contributed by atoms with E-state index in [0.29, 0.717) is 22.4 Å². The molecule has 0 fully saturated rings. The minimum absolute atomic E-state index is 0.0803. The summed E-state index contributed by atoms with van der Waals surface area (Å²) in [6.07, 6.45) is 0. The number of carbonyl (C=O) groups is 1. The largest absolute Gasteiger partial charge is 0.478 e. The summed E-state index contributed by atoms with van der Waals surface area (Å²) in [5.41, 5.74) is 0.529. The second kappa shape index (κ2) is 4.96. The molecule has 0 unspecified atom stereocenters. The van der Waals surface area contributed by atoms with E-state index in [2.05, 4.69) is 10.2 Å². The SMILES string of the molecule is Cc1nnc(CCl)n1-c1ccc(Cl)cc1C(=O)O. The van der Waals surface area contributed by atoms with Crippen molar-refractivity contribution in [3.63, 3.8) is 0 Å². The first-order chi connectivity index (χ1) is 8.54. The molecular formula is C11H9Cl2N3O2. The Hall–Kier alpha value is -1.59. The van der Waals surface area contributed by atoms with Crippen molar-refractivity contribution < 1.29 is 9.90 Å². The highest BCUT2D eigenvalue weighted by molar-refractivity contribution is 6.31. The lowest BCUT2D eigenvalue weighted by Crippen LogP contribution is -2.09. The van der Waals surface area contributed by atoms with Crippen LogP contribution in [-0.2, 0) is 5.88 Å². The van der Waals surface area contributed by atoms with Gasteiger partial charge in [-0.1, -0.05) is 11.6 Å². The van der Waals surface area contributed by atoms with Gasteiger partial charge in [0, 0.05) is 5.02 Å². The molecule has 1 N–H and O–H groups in total. The average Bonchev–Trinajstić information content (AvgIpc) is 2.70. The van der Waals surface area contributed by atoms with E-state index in [-0.39, 0.29) is 11.4 Å². The van der Waals surface area contributed by atoms with E-state index in [4.69, 9.17) is 23.2 Å². The summed E-state index contributed by atoms with van der Waals surface area (Å²) in [6, 6.07) is 4.61. The van der Waals surface area contributed by atoms with Gasteiger partial charge in [-0.2, -0.15) is 0 Å². The van der Waals surface area contributed by atoms with Crippen LogP contribution in [0.15, 0.2) is 18.2 Å². The molecule has 0 amide bonds. The van der Waals surface area contributed by atoms with E-state index < -0.39 is 5.97 Å². The van der Waals surface area contributed by atoms with Crippen molar-refractivity contribution in [3.05, 3.63) is 40.4 Å². The Kier molecular flexibility index (Phi) is 3.54. The number of carboxylic acid groups (broad SMARTS) is 1. The van der Waals surface area contributed by atoms with Gasteiger partial charge in [-0.25, -0.2) is 4.79 Å². The van der Waals surface area contributed by atoms with Crippen LogP contribution >= 0.6 is 23.2 Å². The number of aromatic nitrogens is 3. The van der Waals surface area contributed by atoms with E-state index in [1.807, 2.05) is 0 Å². The summed E-state index contributed by atoms with van der Waals surface area (Å²) in [5, 5.41) is 17.3. The average molecular weight is 286 g/mol. The molecule has 1 heterocycles. The molecule has 0 atom stereocenters. The Morgan fingerprint density at radius 3 is 2.78 bits per heavy atom. The molecule has 0 aliphatic heterocycles. The van der Waals surface area contributed by atoms with Crippen LogP contribution in [0.4, 0.5) is 0 Å². The number of aryl methyl sites for hydroxylation is 1. The van der Waals surface area contributed by atoms with Crippen LogP contribution in [0.25, 0.3) is 5.69 Å². The second-order valence-electron chi connectivity index (χ2n) is 3.60. The number of hydrogen-bond acceptors (Lipinski definition) is 3. The van der Waals surface area contributed by atoms with Crippen LogP contribution in [0, 0.1) is 6.92 Å². The monoisotopic (exact) mass is 285 g/mol. The third-order valence-corrected chi connectivity index (χ3v) is 2.92.